The van der Waals surface area contributed by atoms with Crippen LogP contribution in [0.4, 0.5) is 0 Å². The minimum Gasteiger partial charge on any atom is -0.484 e. The molecule has 0 spiro atoms. The number of benzene rings is 2. The van der Waals surface area contributed by atoms with Gasteiger partial charge in [-0.05, 0) is 68.3 Å². The van der Waals surface area contributed by atoms with Gasteiger partial charge < -0.3 is 19.7 Å². The van der Waals surface area contributed by atoms with Crippen molar-refractivity contribution in [2.75, 3.05) is 6.61 Å². The third-order valence-corrected chi connectivity index (χ3v) is 4.07. The Kier molecular flexibility index (Phi) is 5.40. The summed E-state index contributed by atoms with van der Waals surface area (Å²) in [6, 6.07) is 12.9. The van der Waals surface area contributed by atoms with Crippen molar-refractivity contribution in [1.29, 1.82) is 0 Å². The highest BCUT2D eigenvalue weighted by Crippen LogP contribution is 2.25. The predicted molar refractivity (Wildman–Crippen MR) is 99.4 cm³/mol. The van der Waals surface area contributed by atoms with Crippen LogP contribution in [0.15, 0.2) is 47.0 Å². The Labute approximate surface area is 157 Å². The van der Waals surface area contributed by atoms with Crippen LogP contribution in [0.1, 0.15) is 30.0 Å². The smallest absolute Gasteiger partial charge is 0.267 e. The maximum absolute atomic E-state index is 10.7. The van der Waals surface area contributed by atoms with Crippen LogP contribution in [0.3, 0.4) is 0 Å². The average Bonchev–Trinajstić information content (AvgIpc) is 3.14. The molecule has 0 aliphatic carbocycles. The number of aromatic nitrogens is 2. The van der Waals surface area contributed by atoms with E-state index in [0.717, 1.165) is 16.9 Å². The molecule has 0 saturated heterocycles. The number of rotatable bonds is 7. The van der Waals surface area contributed by atoms with E-state index in [4.69, 9.17) is 19.7 Å². The molecule has 0 unspecified atom stereocenters. The van der Waals surface area contributed by atoms with Gasteiger partial charge in [0.2, 0.25) is 5.82 Å². The van der Waals surface area contributed by atoms with Crippen LogP contribution < -0.4 is 15.2 Å². The molecule has 1 atom stereocenters. The summed E-state index contributed by atoms with van der Waals surface area (Å²) in [7, 11) is 0. The van der Waals surface area contributed by atoms with Gasteiger partial charge in [0.15, 0.2) is 12.7 Å². The molecular formula is C20H21N3O4. The molecule has 0 radical (unpaired) electrons. The summed E-state index contributed by atoms with van der Waals surface area (Å²) in [5, 5.41) is 4.00. The second-order valence-electron chi connectivity index (χ2n) is 6.24. The molecule has 140 valence electrons. The second kappa shape index (κ2) is 7.90. The maximum Gasteiger partial charge on any atom is 0.267 e. The number of carbonyl (C=O) groups is 1. The van der Waals surface area contributed by atoms with Crippen molar-refractivity contribution in [3.8, 4) is 22.9 Å². The number of primary amides is 1. The fourth-order valence-electron chi connectivity index (χ4n) is 2.41. The normalized spacial score (nSPS) is 11.8. The molecule has 0 fully saturated rings. The average molecular weight is 367 g/mol. The lowest BCUT2D eigenvalue weighted by Gasteiger charge is -2.12. The third kappa shape index (κ3) is 4.63. The summed E-state index contributed by atoms with van der Waals surface area (Å²) in [6.45, 7) is 5.78. The Hall–Kier alpha value is -3.35. The van der Waals surface area contributed by atoms with Crippen LogP contribution in [0.25, 0.3) is 11.4 Å². The number of nitrogens with two attached hydrogens (primary N) is 1. The van der Waals surface area contributed by atoms with Gasteiger partial charge in [-0.1, -0.05) is 11.2 Å². The van der Waals surface area contributed by atoms with Crippen LogP contribution in [0.5, 0.6) is 11.5 Å². The number of ether oxygens (including phenoxy) is 2. The number of hydrogen-bond acceptors (Lipinski definition) is 6. The molecule has 27 heavy (non-hydrogen) atoms. The summed E-state index contributed by atoms with van der Waals surface area (Å²) < 4.78 is 16.5. The summed E-state index contributed by atoms with van der Waals surface area (Å²) in [4.78, 5) is 15.1. The minimum atomic E-state index is -0.528. The van der Waals surface area contributed by atoms with Crippen LogP contribution in [0, 0.1) is 13.8 Å². The quantitative estimate of drug-likeness (QED) is 0.687. The molecule has 2 N–H and O–H groups in total. The molecule has 0 bridgehead atoms. The Bertz CT molecular complexity index is 935. The zero-order chi connectivity index (χ0) is 19.4. The van der Waals surface area contributed by atoms with Gasteiger partial charge in [0.25, 0.3) is 11.8 Å². The molecule has 7 nitrogen and oxygen atoms in total. The summed E-state index contributed by atoms with van der Waals surface area (Å²) >= 11 is 0. The molecule has 0 saturated carbocycles. The van der Waals surface area contributed by atoms with E-state index in [1.807, 2.05) is 32.0 Å². The van der Waals surface area contributed by atoms with E-state index in [1.54, 1.807) is 24.3 Å². The highest BCUT2D eigenvalue weighted by molar-refractivity contribution is 5.75. The Balaban J connectivity index is 1.68. The van der Waals surface area contributed by atoms with E-state index < -0.39 is 5.91 Å². The lowest BCUT2D eigenvalue weighted by molar-refractivity contribution is -0.119. The first-order chi connectivity index (χ1) is 12.9. The molecule has 7 heteroatoms. The molecule has 3 rings (SSSR count). The van der Waals surface area contributed by atoms with Gasteiger partial charge in [0.1, 0.15) is 11.5 Å². The number of nitrogens with zero attached hydrogens (tertiary/aromatic N) is 2. The largest absolute Gasteiger partial charge is 0.484 e. The standard InChI is InChI=1S/C20H21N3O4/c1-12-4-7-17(10-13(12)2)26-14(3)20-22-19(23-27-20)15-5-8-16(9-6-15)25-11-18(21)24/h4-10,14H,11H2,1-3H3,(H2,21,24)/t14-/m1/s1. The first kappa shape index (κ1) is 18.4. The summed E-state index contributed by atoms with van der Waals surface area (Å²) in [6.07, 6.45) is -0.383. The van der Waals surface area contributed by atoms with Gasteiger partial charge in [0.05, 0.1) is 0 Å². The van der Waals surface area contributed by atoms with Gasteiger partial charge in [-0.2, -0.15) is 4.98 Å². The Morgan fingerprint density at radius 1 is 1.11 bits per heavy atom. The zero-order valence-corrected chi connectivity index (χ0v) is 15.4. The predicted octanol–water partition coefficient (Wildman–Crippen LogP) is 3.36. The van der Waals surface area contributed by atoms with E-state index in [2.05, 4.69) is 17.1 Å². The first-order valence-electron chi connectivity index (χ1n) is 8.51. The SMILES string of the molecule is Cc1ccc(O[C@H](C)c2nc(-c3ccc(OCC(N)=O)cc3)no2)cc1C. The highest BCUT2D eigenvalue weighted by Gasteiger charge is 2.17. The van der Waals surface area contributed by atoms with Crippen LogP contribution in [0.2, 0.25) is 0 Å². The van der Waals surface area contributed by atoms with E-state index in [-0.39, 0.29) is 12.7 Å². The van der Waals surface area contributed by atoms with Crippen molar-refractivity contribution in [3.63, 3.8) is 0 Å². The van der Waals surface area contributed by atoms with Crippen molar-refractivity contribution >= 4 is 5.91 Å². The molecule has 2 aromatic carbocycles. The van der Waals surface area contributed by atoms with Gasteiger partial charge in [-0.3, -0.25) is 4.79 Å². The maximum atomic E-state index is 10.7. The number of aryl methyl sites for hydroxylation is 2. The summed E-state index contributed by atoms with van der Waals surface area (Å²) in [5.74, 6) is 1.59. The molecular weight excluding hydrogens is 346 g/mol. The lowest BCUT2D eigenvalue weighted by atomic mass is 10.1. The molecule has 1 amide bonds. The van der Waals surface area contributed by atoms with Crippen molar-refractivity contribution in [2.24, 2.45) is 5.73 Å². The number of amides is 1. The number of carbonyl (C=O) groups excluding carboxylic acids is 1. The highest BCUT2D eigenvalue weighted by atomic mass is 16.5. The Morgan fingerprint density at radius 3 is 2.48 bits per heavy atom. The van der Waals surface area contributed by atoms with Gasteiger partial charge in [0, 0.05) is 5.56 Å². The van der Waals surface area contributed by atoms with E-state index in [9.17, 15) is 4.79 Å². The molecule has 1 aromatic heterocycles. The van der Waals surface area contributed by atoms with Crippen LogP contribution >= 0.6 is 0 Å². The fraction of sp³-hybridized carbons (Fsp3) is 0.250. The monoisotopic (exact) mass is 367 g/mol. The van der Waals surface area contributed by atoms with Crippen molar-refractivity contribution < 1.29 is 18.8 Å². The summed E-state index contributed by atoms with van der Waals surface area (Å²) in [5.41, 5.74) is 8.18. The first-order valence-corrected chi connectivity index (χ1v) is 8.51. The fourth-order valence-corrected chi connectivity index (χ4v) is 2.41. The van der Waals surface area contributed by atoms with Crippen molar-refractivity contribution in [1.82, 2.24) is 10.1 Å². The second-order valence-corrected chi connectivity index (χ2v) is 6.24. The number of hydrogen-bond donors (Lipinski definition) is 1. The minimum absolute atomic E-state index is 0.168. The van der Waals surface area contributed by atoms with E-state index in [0.29, 0.717) is 17.5 Å². The van der Waals surface area contributed by atoms with Crippen LogP contribution in [-0.2, 0) is 4.79 Å². The Morgan fingerprint density at radius 2 is 1.81 bits per heavy atom. The van der Waals surface area contributed by atoms with E-state index >= 15 is 0 Å². The van der Waals surface area contributed by atoms with Crippen LogP contribution in [-0.4, -0.2) is 22.7 Å². The van der Waals surface area contributed by atoms with Crippen molar-refractivity contribution in [2.45, 2.75) is 26.9 Å². The molecule has 0 aliphatic heterocycles. The van der Waals surface area contributed by atoms with E-state index in [1.165, 1.54) is 5.56 Å². The van der Waals surface area contributed by atoms with Crippen molar-refractivity contribution in [3.05, 3.63) is 59.5 Å². The zero-order valence-electron chi connectivity index (χ0n) is 15.4. The topological polar surface area (TPSA) is 100 Å². The van der Waals surface area contributed by atoms with Gasteiger partial charge in [-0.15, -0.1) is 0 Å². The molecule has 1 heterocycles. The van der Waals surface area contributed by atoms with Gasteiger partial charge in [-0.25, -0.2) is 0 Å². The van der Waals surface area contributed by atoms with Gasteiger partial charge >= 0.3 is 0 Å². The third-order valence-electron chi connectivity index (χ3n) is 4.07. The molecule has 0 aliphatic rings. The molecule has 3 aromatic rings. The lowest BCUT2D eigenvalue weighted by Crippen LogP contribution is -2.19.